The molecule has 158 valence electrons. The van der Waals surface area contributed by atoms with Gasteiger partial charge < -0.3 is 0 Å². The summed E-state index contributed by atoms with van der Waals surface area (Å²) in [6.07, 6.45) is 0. The van der Waals surface area contributed by atoms with Crippen molar-refractivity contribution in [2.75, 3.05) is 0 Å². The highest BCUT2D eigenvalue weighted by molar-refractivity contribution is 7.98. The normalized spacial score (nSPS) is 10.7. The summed E-state index contributed by atoms with van der Waals surface area (Å²) in [4.78, 5) is 4.85. The van der Waals surface area contributed by atoms with E-state index in [1.54, 1.807) is 6.07 Å². The zero-order valence-electron chi connectivity index (χ0n) is 17.1. The van der Waals surface area contributed by atoms with Crippen molar-refractivity contribution in [3.05, 3.63) is 105 Å². The third-order valence-corrected chi connectivity index (χ3v) is 7.08. The number of rotatable bonds is 5. The first-order valence-corrected chi connectivity index (χ1v) is 11.9. The molecule has 0 spiro atoms. The Bertz CT molecular complexity index is 1330. The zero-order valence-corrected chi connectivity index (χ0v) is 20.2. The average molecular weight is 496 g/mol. The van der Waals surface area contributed by atoms with Crippen LogP contribution in [-0.4, -0.2) is 4.98 Å². The van der Waals surface area contributed by atoms with Crippen LogP contribution in [0.15, 0.2) is 77.8 Å². The summed E-state index contributed by atoms with van der Waals surface area (Å²) in [7, 11) is 0. The molecule has 0 fully saturated rings. The second-order valence-corrected chi connectivity index (χ2v) is 9.42. The Balaban J connectivity index is 1.83. The molecule has 2 nitrogen and oxygen atoms in total. The summed E-state index contributed by atoms with van der Waals surface area (Å²) in [5.41, 5.74) is 6.00. The van der Waals surface area contributed by atoms with Gasteiger partial charge in [0.05, 0.1) is 21.3 Å². The molecule has 0 saturated carbocycles. The van der Waals surface area contributed by atoms with Crippen molar-refractivity contribution in [3.63, 3.8) is 0 Å². The fraction of sp³-hybridized carbons (Fsp3) is 0.0769. The van der Waals surface area contributed by atoms with E-state index in [9.17, 15) is 5.26 Å². The van der Waals surface area contributed by atoms with Gasteiger partial charge in [-0.2, -0.15) is 5.26 Å². The fourth-order valence-electron chi connectivity index (χ4n) is 3.28. The largest absolute Gasteiger partial charge is 0.240 e. The Morgan fingerprint density at radius 1 is 0.844 bits per heavy atom. The van der Waals surface area contributed by atoms with E-state index in [1.807, 2.05) is 73.7 Å². The molecule has 4 rings (SSSR count). The van der Waals surface area contributed by atoms with Gasteiger partial charge in [0.1, 0.15) is 11.1 Å². The fourth-order valence-corrected chi connectivity index (χ4v) is 4.78. The van der Waals surface area contributed by atoms with E-state index >= 15 is 0 Å². The molecule has 0 saturated heterocycles. The highest BCUT2D eigenvalue weighted by atomic mass is 35.5. The number of aryl methyl sites for hydroxylation is 1. The van der Waals surface area contributed by atoms with Crippen LogP contribution in [0.3, 0.4) is 0 Å². The van der Waals surface area contributed by atoms with Gasteiger partial charge in [0.2, 0.25) is 0 Å². The van der Waals surface area contributed by atoms with Crippen LogP contribution in [0.25, 0.3) is 22.4 Å². The monoisotopic (exact) mass is 494 g/mol. The van der Waals surface area contributed by atoms with Gasteiger partial charge >= 0.3 is 0 Å². The zero-order chi connectivity index (χ0) is 22.7. The smallest absolute Gasteiger partial charge is 0.115 e. The highest BCUT2D eigenvalue weighted by Gasteiger charge is 2.17. The Kier molecular flexibility index (Phi) is 7.08. The molecule has 0 bridgehead atoms. The highest BCUT2D eigenvalue weighted by Crippen LogP contribution is 2.38. The Labute approximate surface area is 206 Å². The molecule has 1 heterocycles. The van der Waals surface area contributed by atoms with Gasteiger partial charge in [0, 0.05) is 27.5 Å². The van der Waals surface area contributed by atoms with Crippen LogP contribution in [0.1, 0.15) is 16.7 Å². The summed E-state index contributed by atoms with van der Waals surface area (Å²) in [6, 6.07) is 25.5. The van der Waals surface area contributed by atoms with Crippen LogP contribution >= 0.6 is 46.6 Å². The lowest BCUT2D eigenvalue weighted by molar-refractivity contribution is 1.12. The number of nitrogens with zero attached hydrogens (tertiary/aromatic N) is 2. The van der Waals surface area contributed by atoms with Gasteiger partial charge in [-0.1, -0.05) is 88.9 Å². The third kappa shape index (κ3) is 4.95. The Morgan fingerprint density at radius 2 is 1.59 bits per heavy atom. The van der Waals surface area contributed by atoms with E-state index in [4.69, 9.17) is 39.8 Å². The maximum absolute atomic E-state index is 10.0. The molecule has 0 N–H and O–H groups in total. The minimum absolute atomic E-state index is 0.499. The minimum Gasteiger partial charge on any atom is -0.240 e. The van der Waals surface area contributed by atoms with Crippen LogP contribution in [-0.2, 0) is 5.75 Å². The molecule has 4 aromatic rings. The summed E-state index contributed by atoms with van der Waals surface area (Å²) < 4.78 is 0. The molecule has 0 atom stereocenters. The quantitative estimate of drug-likeness (QED) is 0.259. The SMILES string of the molecule is Cc1ccc(-c2cc(-c3ccccc3Cl)c(C#N)c(SCc3ccc(Cl)c(Cl)c3)n2)cc1. The molecule has 0 unspecified atom stereocenters. The predicted molar refractivity (Wildman–Crippen MR) is 136 cm³/mol. The first-order chi connectivity index (χ1) is 15.5. The molecule has 32 heavy (non-hydrogen) atoms. The summed E-state index contributed by atoms with van der Waals surface area (Å²) in [5, 5.41) is 12.3. The van der Waals surface area contributed by atoms with Crippen LogP contribution in [0.5, 0.6) is 0 Å². The van der Waals surface area contributed by atoms with E-state index in [1.165, 1.54) is 17.3 Å². The lowest BCUT2D eigenvalue weighted by atomic mass is 9.99. The van der Waals surface area contributed by atoms with Crippen molar-refractivity contribution < 1.29 is 0 Å². The lowest BCUT2D eigenvalue weighted by Crippen LogP contribution is -1.97. The molecular weight excluding hydrogens is 479 g/mol. The van der Waals surface area contributed by atoms with Gasteiger partial charge in [-0.25, -0.2) is 4.98 Å². The molecule has 0 radical (unpaired) electrons. The number of hydrogen-bond acceptors (Lipinski definition) is 3. The molecule has 0 amide bonds. The molecule has 0 aliphatic carbocycles. The molecule has 1 aromatic heterocycles. The van der Waals surface area contributed by atoms with E-state index < -0.39 is 0 Å². The lowest BCUT2D eigenvalue weighted by Gasteiger charge is -2.14. The number of halogens is 3. The number of benzene rings is 3. The topological polar surface area (TPSA) is 36.7 Å². The van der Waals surface area contributed by atoms with E-state index in [0.29, 0.717) is 31.4 Å². The minimum atomic E-state index is 0.499. The Morgan fingerprint density at radius 3 is 2.28 bits per heavy atom. The third-order valence-electron chi connectivity index (χ3n) is 4.97. The van der Waals surface area contributed by atoms with Crippen molar-refractivity contribution in [1.29, 1.82) is 5.26 Å². The number of thioether (sulfide) groups is 1. The standard InChI is InChI=1S/C26H17Cl3N2S/c1-16-6-9-18(10-7-16)25-13-20(19-4-2-3-5-22(19)27)21(14-30)26(31-25)32-15-17-8-11-23(28)24(29)12-17/h2-13H,15H2,1H3. The number of aromatic nitrogens is 1. The van der Waals surface area contributed by atoms with Crippen LogP contribution in [0.4, 0.5) is 0 Å². The first kappa shape index (κ1) is 22.7. The van der Waals surface area contributed by atoms with Crippen molar-refractivity contribution in [2.45, 2.75) is 17.7 Å². The second-order valence-electron chi connectivity index (χ2n) is 7.23. The number of nitriles is 1. The van der Waals surface area contributed by atoms with Crippen LogP contribution in [0.2, 0.25) is 15.1 Å². The van der Waals surface area contributed by atoms with Crippen molar-refractivity contribution in [1.82, 2.24) is 4.98 Å². The Hall–Kier alpha value is -2.48. The summed E-state index contributed by atoms with van der Waals surface area (Å²) in [6.45, 7) is 2.05. The van der Waals surface area contributed by atoms with Gasteiger partial charge in [0.25, 0.3) is 0 Å². The van der Waals surface area contributed by atoms with E-state index in [-0.39, 0.29) is 0 Å². The van der Waals surface area contributed by atoms with Gasteiger partial charge in [-0.15, -0.1) is 11.8 Å². The summed E-state index contributed by atoms with van der Waals surface area (Å²) in [5.74, 6) is 0.595. The maximum Gasteiger partial charge on any atom is 0.115 e. The average Bonchev–Trinajstić information content (AvgIpc) is 2.80. The van der Waals surface area contributed by atoms with Gasteiger partial charge in [-0.05, 0) is 36.8 Å². The second kappa shape index (κ2) is 9.98. The van der Waals surface area contributed by atoms with Gasteiger partial charge in [-0.3, -0.25) is 0 Å². The van der Waals surface area contributed by atoms with Crippen molar-refractivity contribution in [2.24, 2.45) is 0 Å². The predicted octanol–water partition coefficient (Wildman–Crippen LogP) is 8.85. The van der Waals surface area contributed by atoms with E-state index in [2.05, 4.69) is 6.07 Å². The maximum atomic E-state index is 10.0. The molecule has 0 aliphatic heterocycles. The summed E-state index contributed by atoms with van der Waals surface area (Å²) >= 11 is 20.2. The van der Waals surface area contributed by atoms with Crippen LogP contribution < -0.4 is 0 Å². The number of hydrogen-bond donors (Lipinski definition) is 0. The van der Waals surface area contributed by atoms with Gasteiger partial charge in [0.15, 0.2) is 0 Å². The molecule has 6 heteroatoms. The molecule has 3 aromatic carbocycles. The molecule has 0 aliphatic rings. The van der Waals surface area contributed by atoms with E-state index in [0.717, 1.165) is 27.9 Å². The number of pyridine rings is 1. The van der Waals surface area contributed by atoms with Crippen molar-refractivity contribution in [3.8, 4) is 28.5 Å². The van der Waals surface area contributed by atoms with Crippen molar-refractivity contribution >= 4 is 46.6 Å². The van der Waals surface area contributed by atoms with Crippen LogP contribution in [0, 0.1) is 18.3 Å². The first-order valence-electron chi connectivity index (χ1n) is 9.80. The molecular formula is C26H17Cl3N2S.